The van der Waals surface area contributed by atoms with E-state index in [1.807, 2.05) is 99.8 Å². The van der Waals surface area contributed by atoms with Crippen molar-refractivity contribution >= 4 is 59.2 Å². The molecule has 4 aliphatic rings. The Morgan fingerprint density at radius 3 is 1.51 bits per heavy atom. The number of hydrogen-bond acceptors (Lipinski definition) is 13. The fraction of sp³-hybridized carbons (Fsp3) is 0.400. The highest BCUT2D eigenvalue weighted by Gasteiger charge is 2.35. The first-order valence-electron chi connectivity index (χ1n) is 23.2. The van der Waals surface area contributed by atoms with E-state index in [4.69, 9.17) is 24.7 Å². The third kappa shape index (κ3) is 11.8. The van der Waals surface area contributed by atoms with Gasteiger partial charge in [0, 0.05) is 94.1 Å². The van der Waals surface area contributed by atoms with Crippen molar-refractivity contribution in [3.05, 3.63) is 119 Å². The first-order valence-corrected chi connectivity index (χ1v) is 23.2. The Morgan fingerprint density at radius 1 is 0.538 bits per heavy atom. The predicted molar refractivity (Wildman–Crippen MR) is 262 cm³/mol. The van der Waals surface area contributed by atoms with Crippen LogP contribution in [-0.4, -0.2) is 128 Å². The van der Waals surface area contributed by atoms with Crippen molar-refractivity contribution in [3.8, 4) is 0 Å². The molecule has 15 heteroatoms. The molecule has 4 N–H and O–H groups in total. The average molecular weight is 875 g/mol. The summed E-state index contributed by atoms with van der Waals surface area (Å²) in [7, 11) is 1.82. The van der Waals surface area contributed by atoms with Crippen molar-refractivity contribution in [2.75, 3.05) is 79.9 Å². The second-order valence-corrected chi connectivity index (χ2v) is 17.5. The van der Waals surface area contributed by atoms with Gasteiger partial charge >= 0.3 is 0 Å². The number of benzene rings is 2. The molecule has 0 saturated carbocycles. The number of anilines is 6. The summed E-state index contributed by atoms with van der Waals surface area (Å²) in [5.41, 5.74) is 4.26. The van der Waals surface area contributed by atoms with E-state index in [1.54, 1.807) is 0 Å². The number of nitrogens with zero attached hydrogens (tertiary/aromatic N) is 10. The zero-order valence-electron chi connectivity index (χ0n) is 37.9. The van der Waals surface area contributed by atoms with Crippen molar-refractivity contribution in [2.45, 2.75) is 70.6 Å². The van der Waals surface area contributed by atoms with Gasteiger partial charge < -0.3 is 30.1 Å². The topological polar surface area (TPSA) is 155 Å². The van der Waals surface area contributed by atoms with Crippen LogP contribution in [0.5, 0.6) is 0 Å². The van der Waals surface area contributed by atoms with Crippen LogP contribution >= 0.6 is 0 Å². The smallest absolute Gasteiger partial charge is 0.156 e. The number of H-pyrrole nitrogens is 2. The molecule has 0 unspecified atom stereocenters. The molecule has 0 atom stereocenters. The third-order valence-electron chi connectivity index (χ3n) is 12.8. The van der Waals surface area contributed by atoms with E-state index in [0.29, 0.717) is 23.8 Å². The molecule has 4 saturated heterocycles. The predicted octanol–water partition coefficient (Wildman–Crippen LogP) is 8.21. The van der Waals surface area contributed by atoms with Gasteiger partial charge in [-0.3, -0.25) is 15.1 Å². The maximum absolute atomic E-state index is 5.52. The first kappa shape index (κ1) is 43.8. The molecule has 6 aromatic rings. The SMILES string of the molecule is COC1CCN(C2CN(c3cc(Nc4cc(C)[nH]n4)nc(/C=C/c4ccccc4)n3)C2)CC1.Cc1cc(Nc2cc(N3CCC(N4CCCC4)CC3)nc(/C=C/c3ccccc3)n2)n[nH]1. The Bertz CT molecular complexity index is 2480. The van der Waals surface area contributed by atoms with Gasteiger partial charge in [-0.25, -0.2) is 19.9 Å². The molecule has 0 aliphatic carbocycles. The molecular formula is C50H62N14O. The minimum absolute atomic E-state index is 0.414. The third-order valence-corrected chi connectivity index (χ3v) is 12.8. The second kappa shape index (κ2) is 21.0. The van der Waals surface area contributed by atoms with Gasteiger partial charge in [-0.2, -0.15) is 10.2 Å². The van der Waals surface area contributed by atoms with Crippen LogP contribution < -0.4 is 20.4 Å². The largest absolute Gasteiger partial charge is 0.381 e. The lowest BCUT2D eigenvalue weighted by Crippen LogP contribution is -2.61. The fourth-order valence-corrected chi connectivity index (χ4v) is 9.12. The molecule has 0 bridgehead atoms. The molecule has 0 radical (unpaired) electrons. The van der Waals surface area contributed by atoms with E-state index >= 15 is 0 Å². The number of aryl methyl sites for hydroxylation is 2. The van der Waals surface area contributed by atoms with Crippen LogP contribution in [0.1, 0.15) is 72.7 Å². The molecule has 4 aromatic heterocycles. The molecule has 338 valence electrons. The van der Waals surface area contributed by atoms with E-state index in [1.165, 1.54) is 38.8 Å². The van der Waals surface area contributed by atoms with Crippen LogP contribution in [0.2, 0.25) is 0 Å². The molecule has 4 aliphatic heterocycles. The molecule has 0 amide bonds. The van der Waals surface area contributed by atoms with E-state index in [0.717, 1.165) is 116 Å². The molecule has 2 aromatic carbocycles. The number of likely N-dealkylation sites (tertiary alicyclic amines) is 2. The Kier molecular flexibility index (Phi) is 14.2. The minimum atomic E-state index is 0.414. The fourth-order valence-electron chi connectivity index (χ4n) is 9.12. The maximum atomic E-state index is 5.52. The lowest BCUT2D eigenvalue weighted by atomic mass is 10.0. The number of methoxy groups -OCH3 is 1. The molecular weight excluding hydrogens is 813 g/mol. The number of aromatic nitrogens is 8. The van der Waals surface area contributed by atoms with Crippen molar-refractivity contribution in [3.63, 3.8) is 0 Å². The summed E-state index contributed by atoms with van der Waals surface area (Å²) in [4.78, 5) is 29.2. The van der Waals surface area contributed by atoms with Gasteiger partial charge in [0.1, 0.15) is 23.3 Å². The van der Waals surface area contributed by atoms with Gasteiger partial charge in [0.2, 0.25) is 0 Å². The second-order valence-electron chi connectivity index (χ2n) is 17.5. The van der Waals surface area contributed by atoms with Gasteiger partial charge in [-0.1, -0.05) is 72.8 Å². The highest BCUT2D eigenvalue weighted by Crippen LogP contribution is 2.29. The number of hydrogen-bond donors (Lipinski definition) is 4. The van der Waals surface area contributed by atoms with Crippen LogP contribution in [0.25, 0.3) is 24.3 Å². The summed E-state index contributed by atoms with van der Waals surface area (Å²) in [5, 5.41) is 21.2. The highest BCUT2D eigenvalue weighted by molar-refractivity contribution is 5.70. The molecule has 4 fully saturated rings. The summed E-state index contributed by atoms with van der Waals surface area (Å²) in [5.74, 6) is 6.30. The Hall–Kier alpha value is -6.42. The monoisotopic (exact) mass is 875 g/mol. The van der Waals surface area contributed by atoms with Crippen molar-refractivity contribution < 1.29 is 4.74 Å². The van der Waals surface area contributed by atoms with E-state index < -0.39 is 0 Å². The minimum Gasteiger partial charge on any atom is -0.381 e. The number of nitrogens with one attached hydrogen (secondary N) is 4. The van der Waals surface area contributed by atoms with E-state index in [9.17, 15) is 0 Å². The normalized spacial score (nSPS) is 18.0. The Labute approximate surface area is 382 Å². The summed E-state index contributed by atoms with van der Waals surface area (Å²) in [6, 6.07) is 29.7. The van der Waals surface area contributed by atoms with Crippen molar-refractivity contribution in [1.82, 2.24) is 50.1 Å². The maximum Gasteiger partial charge on any atom is 0.156 e. The van der Waals surface area contributed by atoms with Crippen LogP contribution in [0.4, 0.5) is 34.9 Å². The van der Waals surface area contributed by atoms with Crippen molar-refractivity contribution in [1.29, 1.82) is 0 Å². The standard InChI is InChI=1S/C25H31N7O.C25H31N7/c1-18-14-24(30-29-18)27-23-15-25(28-22(26-23)9-8-19-6-4-3-5-7-19)32-16-20(17-32)31-12-10-21(33-2)11-13-31;1-19-17-24(30-29-19)27-23-18-25(28-22(26-23)10-9-20-7-3-2-4-8-20)32-15-11-21(12-16-32)31-13-5-6-14-31/h3-9,14-15,20-21H,10-13,16-17H2,1-2H3,(H2,26,27,28,29,30);2-4,7-10,17-18,21H,5-6,11-16H2,1H3,(H2,26,27,28,29,30)/b9-8+;10-9+. The Morgan fingerprint density at radius 2 is 1.03 bits per heavy atom. The zero-order chi connectivity index (χ0) is 44.4. The molecule has 65 heavy (non-hydrogen) atoms. The highest BCUT2D eigenvalue weighted by atomic mass is 16.5. The van der Waals surface area contributed by atoms with Gasteiger partial charge in [0.05, 0.1) is 6.10 Å². The zero-order valence-corrected chi connectivity index (χ0v) is 37.9. The number of ether oxygens (including phenoxy) is 1. The molecule has 10 rings (SSSR count). The van der Waals surface area contributed by atoms with Crippen LogP contribution in [0, 0.1) is 13.8 Å². The molecule has 8 heterocycles. The quantitative estimate of drug-likeness (QED) is 0.0882. The van der Waals surface area contributed by atoms with Crippen LogP contribution in [-0.2, 0) is 4.74 Å². The number of rotatable bonds is 13. The Balaban J connectivity index is 0.000000164. The number of piperidine rings is 2. The van der Waals surface area contributed by atoms with Crippen molar-refractivity contribution in [2.24, 2.45) is 0 Å². The molecule has 0 spiro atoms. The van der Waals surface area contributed by atoms with E-state index in [2.05, 4.69) is 81.0 Å². The van der Waals surface area contributed by atoms with Gasteiger partial charge in [-0.15, -0.1) is 0 Å². The molecule has 15 nitrogen and oxygen atoms in total. The van der Waals surface area contributed by atoms with Crippen LogP contribution in [0.3, 0.4) is 0 Å². The van der Waals surface area contributed by atoms with E-state index in [-0.39, 0.29) is 0 Å². The lowest BCUT2D eigenvalue weighted by Gasteiger charge is -2.48. The van der Waals surface area contributed by atoms with Crippen LogP contribution in [0.15, 0.2) is 84.9 Å². The summed E-state index contributed by atoms with van der Waals surface area (Å²) in [6.07, 6.45) is 15.8. The lowest BCUT2D eigenvalue weighted by molar-refractivity contribution is 0.0225. The summed E-state index contributed by atoms with van der Waals surface area (Å²) in [6.45, 7) is 12.7. The van der Waals surface area contributed by atoms with Gasteiger partial charge in [0.15, 0.2) is 23.3 Å². The summed E-state index contributed by atoms with van der Waals surface area (Å²) < 4.78 is 5.52. The number of aromatic amines is 2. The van der Waals surface area contributed by atoms with Gasteiger partial charge in [-0.05, 0) is 88.7 Å². The van der Waals surface area contributed by atoms with Gasteiger partial charge in [0.25, 0.3) is 0 Å². The average Bonchev–Trinajstić information content (AvgIpc) is 4.12. The summed E-state index contributed by atoms with van der Waals surface area (Å²) >= 11 is 0. The first-order chi connectivity index (χ1) is 31.9.